The standard InChI is InChI=1S/C19H26N6O2/c26-7-4-16-11-25(23-22-16)12-17-8-15-3-6-24(17)13-18(15)19(27)21-10-14-2-1-5-20-9-14/h1-2,5,9,11,15,17-18,26H,3-4,6-8,10,12-13H2,(H,21,27)/t15?,17-,18+/m1/s1. The van der Waals surface area contributed by atoms with Gasteiger partial charge in [0.25, 0.3) is 0 Å². The van der Waals surface area contributed by atoms with E-state index < -0.39 is 0 Å². The average Bonchev–Trinajstić information content (AvgIpc) is 3.14. The van der Waals surface area contributed by atoms with Crippen molar-refractivity contribution in [3.05, 3.63) is 42.0 Å². The smallest absolute Gasteiger partial charge is 0.224 e. The van der Waals surface area contributed by atoms with Gasteiger partial charge in [-0.25, -0.2) is 0 Å². The number of fused-ring (bicyclic) bond motifs is 3. The minimum Gasteiger partial charge on any atom is -0.396 e. The predicted octanol–water partition coefficient (Wildman–Crippen LogP) is 0.235. The zero-order valence-electron chi connectivity index (χ0n) is 15.4. The van der Waals surface area contributed by atoms with Crippen molar-refractivity contribution in [1.82, 2.24) is 30.2 Å². The van der Waals surface area contributed by atoms with Crippen LogP contribution in [0.25, 0.3) is 0 Å². The van der Waals surface area contributed by atoms with E-state index >= 15 is 0 Å². The van der Waals surface area contributed by atoms with Crippen LogP contribution in [0.3, 0.4) is 0 Å². The van der Waals surface area contributed by atoms with Crippen LogP contribution in [0.15, 0.2) is 30.7 Å². The summed E-state index contributed by atoms with van der Waals surface area (Å²) in [7, 11) is 0. The minimum atomic E-state index is 0.0624. The number of carbonyl (C=O) groups excluding carboxylic acids is 1. The number of rotatable bonds is 7. The molecule has 8 nitrogen and oxygen atoms in total. The first-order valence-corrected chi connectivity index (χ1v) is 9.63. The number of hydrogen-bond donors (Lipinski definition) is 2. The maximum atomic E-state index is 12.7. The van der Waals surface area contributed by atoms with Gasteiger partial charge >= 0.3 is 0 Å². The Morgan fingerprint density at radius 2 is 2.33 bits per heavy atom. The van der Waals surface area contributed by atoms with Gasteiger partial charge in [0.15, 0.2) is 0 Å². The van der Waals surface area contributed by atoms with Gasteiger partial charge in [-0.3, -0.25) is 19.4 Å². The fraction of sp³-hybridized carbons (Fsp3) is 0.579. The molecule has 2 unspecified atom stereocenters. The van der Waals surface area contributed by atoms with Crippen LogP contribution < -0.4 is 5.32 Å². The van der Waals surface area contributed by atoms with E-state index in [-0.39, 0.29) is 18.4 Å². The van der Waals surface area contributed by atoms with Crippen molar-refractivity contribution in [3.8, 4) is 0 Å². The molecule has 3 aliphatic heterocycles. The number of aliphatic hydroxyl groups excluding tert-OH is 1. The maximum Gasteiger partial charge on any atom is 0.224 e. The molecule has 8 heteroatoms. The molecule has 4 atom stereocenters. The van der Waals surface area contributed by atoms with Gasteiger partial charge in [-0.15, -0.1) is 5.10 Å². The zero-order valence-corrected chi connectivity index (χ0v) is 15.4. The van der Waals surface area contributed by atoms with Crippen LogP contribution in [0.1, 0.15) is 24.1 Å². The molecule has 3 fully saturated rings. The van der Waals surface area contributed by atoms with E-state index in [9.17, 15) is 4.79 Å². The number of nitrogens with one attached hydrogen (secondary N) is 1. The van der Waals surface area contributed by atoms with Gasteiger partial charge in [-0.2, -0.15) is 0 Å². The van der Waals surface area contributed by atoms with Gasteiger partial charge in [0, 0.05) is 50.7 Å². The number of amides is 1. The first-order valence-electron chi connectivity index (χ1n) is 9.63. The van der Waals surface area contributed by atoms with Gasteiger partial charge in [0.05, 0.1) is 18.2 Å². The van der Waals surface area contributed by atoms with Gasteiger partial charge < -0.3 is 10.4 Å². The third kappa shape index (κ3) is 4.17. The summed E-state index contributed by atoms with van der Waals surface area (Å²) in [6, 6.07) is 4.26. The van der Waals surface area contributed by atoms with E-state index in [1.807, 2.05) is 23.0 Å². The van der Waals surface area contributed by atoms with Gasteiger partial charge in [-0.05, 0) is 36.9 Å². The summed E-state index contributed by atoms with van der Waals surface area (Å²) in [5.41, 5.74) is 1.84. The van der Waals surface area contributed by atoms with Crippen molar-refractivity contribution in [2.45, 2.75) is 38.4 Å². The van der Waals surface area contributed by atoms with Crippen LogP contribution in [0.2, 0.25) is 0 Å². The molecule has 0 spiro atoms. The van der Waals surface area contributed by atoms with E-state index in [2.05, 4.69) is 25.5 Å². The van der Waals surface area contributed by atoms with E-state index in [1.165, 1.54) is 0 Å². The number of nitrogens with zero attached hydrogens (tertiary/aromatic N) is 5. The maximum absolute atomic E-state index is 12.7. The van der Waals surface area contributed by atoms with Crippen molar-refractivity contribution in [2.24, 2.45) is 11.8 Å². The summed E-state index contributed by atoms with van der Waals surface area (Å²) >= 11 is 0. The molecule has 3 aliphatic rings. The highest BCUT2D eigenvalue weighted by atomic mass is 16.3. The van der Waals surface area contributed by atoms with Gasteiger partial charge in [0.1, 0.15) is 0 Å². The van der Waals surface area contributed by atoms with Crippen LogP contribution in [-0.2, 0) is 24.3 Å². The highest BCUT2D eigenvalue weighted by Gasteiger charge is 2.43. The predicted molar refractivity (Wildman–Crippen MR) is 98.5 cm³/mol. The molecule has 0 radical (unpaired) electrons. The molecule has 5 heterocycles. The lowest BCUT2D eigenvalue weighted by Crippen LogP contribution is -2.58. The molecular weight excluding hydrogens is 344 g/mol. The second-order valence-electron chi connectivity index (χ2n) is 7.52. The molecule has 27 heavy (non-hydrogen) atoms. The highest BCUT2D eigenvalue weighted by Crippen LogP contribution is 2.36. The molecule has 2 aromatic rings. The Bertz CT molecular complexity index is 765. The summed E-state index contributed by atoms with van der Waals surface area (Å²) in [5.74, 6) is 0.639. The molecule has 2 N–H and O–H groups in total. The molecule has 3 saturated heterocycles. The number of aromatic nitrogens is 4. The lowest BCUT2D eigenvalue weighted by atomic mass is 9.75. The largest absolute Gasteiger partial charge is 0.396 e. The Hall–Kier alpha value is -2.32. The topological polar surface area (TPSA) is 96.2 Å². The molecule has 1 amide bonds. The van der Waals surface area contributed by atoms with Crippen LogP contribution in [0.5, 0.6) is 0 Å². The molecule has 2 bridgehead atoms. The Balaban J connectivity index is 1.32. The molecule has 0 saturated carbocycles. The van der Waals surface area contributed by atoms with Crippen molar-refractivity contribution in [1.29, 1.82) is 0 Å². The van der Waals surface area contributed by atoms with Crippen LogP contribution in [0, 0.1) is 11.8 Å². The molecule has 144 valence electrons. The molecule has 0 aliphatic carbocycles. The van der Waals surface area contributed by atoms with Crippen LogP contribution >= 0.6 is 0 Å². The fourth-order valence-electron chi connectivity index (χ4n) is 4.32. The van der Waals surface area contributed by atoms with E-state index in [4.69, 9.17) is 5.11 Å². The minimum absolute atomic E-state index is 0.0624. The van der Waals surface area contributed by atoms with E-state index in [0.29, 0.717) is 24.9 Å². The summed E-state index contributed by atoms with van der Waals surface area (Å²) in [4.78, 5) is 19.2. The average molecular weight is 370 g/mol. The third-order valence-corrected chi connectivity index (χ3v) is 5.76. The summed E-state index contributed by atoms with van der Waals surface area (Å²) < 4.78 is 1.87. The Morgan fingerprint density at radius 3 is 3.07 bits per heavy atom. The Kier molecular flexibility index (Phi) is 5.45. The molecular formula is C19H26N6O2. The monoisotopic (exact) mass is 370 g/mol. The fourth-order valence-corrected chi connectivity index (χ4v) is 4.32. The van der Waals surface area contributed by atoms with Crippen molar-refractivity contribution in [3.63, 3.8) is 0 Å². The van der Waals surface area contributed by atoms with Gasteiger partial charge in [-0.1, -0.05) is 11.3 Å². The number of pyridine rings is 1. The highest BCUT2D eigenvalue weighted by molar-refractivity contribution is 5.79. The zero-order chi connectivity index (χ0) is 18.6. The second kappa shape index (κ2) is 8.14. The van der Waals surface area contributed by atoms with Crippen molar-refractivity contribution < 1.29 is 9.90 Å². The molecule has 0 aromatic carbocycles. The number of hydrogen-bond acceptors (Lipinski definition) is 6. The lowest BCUT2D eigenvalue weighted by Gasteiger charge is -2.49. The van der Waals surface area contributed by atoms with E-state index in [0.717, 1.165) is 43.7 Å². The molecule has 2 aromatic heterocycles. The number of carbonyl (C=O) groups is 1. The quantitative estimate of drug-likeness (QED) is 0.725. The van der Waals surface area contributed by atoms with Crippen molar-refractivity contribution in [2.75, 3.05) is 19.7 Å². The molecule has 5 rings (SSSR count). The Morgan fingerprint density at radius 1 is 1.41 bits per heavy atom. The summed E-state index contributed by atoms with van der Waals surface area (Å²) in [6.07, 6.45) is 8.07. The van der Waals surface area contributed by atoms with Gasteiger partial charge in [0.2, 0.25) is 5.91 Å². The van der Waals surface area contributed by atoms with E-state index in [1.54, 1.807) is 12.4 Å². The SMILES string of the molecule is O=C(NCc1cccnc1)[C@H]1CN2CCC1C[C@@H]2Cn1cc(CCO)nn1. The lowest BCUT2D eigenvalue weighted by molar-refractivity contribution is -0.133. The second-order valence-corrected chi connectivity index (χ2v) is 7.52. The Labute approximate surface area is 158 Å². The normalized spacial score (nSPS) is 26.9. The summed E-state index contributed by atoms with van der Waals surface area (Å²) in [5, 5.41) is 20.4. The van der Waals surface area contributed by atoms with Crippen molar-refractivity contribution >= 4 is 5.91 Å². The number of piperidine rings is 3. The third-order valence-electron chi connectivity index (χ3n) is 5.76. The first-order chi connectivity index (χ1) is 13.2. The van der Waals surface area contributed by atoms with Crippen LogP contribution in [-0.4, -0.2) is 61.6 Å². The summed E-state index contributed by atoms with van der Waals surface area (Å²) in [6.45, 7) is 3.27. The van der Waals surface area contributed by atoms with Crippen LogP contribution in [0.4, 0.5) is 0 Å². The number of aliphatic hydroxyl groups is 1. The first kappa shape index (κ1) is 18.1.